The first-order valence-electron chi connectivity index (χ1n) is 9.33. The number of anilines is 3. The first-order chi connectivity index (χ1) is 14.3. The number of aromatic nitrogens is 4. The highest BCUT2D eigenvalue weighted by Crippen LogP contribution is 2.29. The van der Waals surface area contributed by atoms with Crippen molar-refractivity contribution in [2.75, 3.05) is 17.2 Å². The lowest BCUT2D eigenvalue weighted by Gasteiger charge is -2.25. The number of hydrogen-bond acceptors (Lipinski definition) is 6. The summed E-state index contributed by atoms with van der Waals surface area (Å²) in [6.45, 7) is 2.42. The van der Waals surface area contributed by atoms with E-state index in [2.05, 4.69) is 25.7 Å². The van der Waals surface area contributed by atoms with Crippen LogP contribution in [-0.4, -0.2) is 26.3 Å². The lowest BCUT2D eigenvalue weighted by Crippen LogP contribution is -2.40. The molecule has 1 atom stereocenters. The Labute approximate surface area is 184 Å². The molecule has 0 bridgehead atoms. The predicted octanol–water partition coefficient (Wildman–Crippen LogP) is 4.70. The SMILES string of the molecule is Cn1ncc2c(Nc3ccc(Cl)c(Cl)c3)nc(NCC(C)(N)c3ccccc3)nc21. The third kappa shape index (κ3) is 4.18. The van der Waals surface area contributed by atoms with E-state index in [0.717, 1.165) is 16.6 Å². The number of hydrogen-bond donors (Lipinski definition) is 3. The van der Waals surface area contributed by atoms with Crippen molar-refractivity contribution in [3.8, 4) is 0 Å². The summed E-state index contributed by atoms with van der Waals surface area (Å²) in [6.07, 6.45) is 1.72. The van der Waals surface area contributed by atoms with Gasteiger partial charge in [0.1, 0.15) is 5.82 Å². The minimum Gasteiger partial charge on any atom is -0.352 e. The van der Waals surface area contributed by atoms with E-state index < -0.39 is 5.54 Å². The van der Waals surface area contributed by atoms with E-state index in [9.17, 15) is 0 Å². The quantitative estimate of drug-likeness (QED) is 0.401. The molecule has 1 unspecified atom stereocenters. The number of nitrogens with two attached hydrogens (primary N) is 1. The summed E-state index contributed by atoms with van der Waals surface area (Å²) >= 11 is 12.2. The molecular formula is C21H21Cl2N7. The molecule has 0 spiro atoms. The highest BCUT2D eigenvalue weighted by Gasteiger charge is 2.22. The van der Waals surface area contributed by atoms with Crippen LogP contribution in [0.15, 0.2) is 54.7 Å². The Morgan fingerprint density at radius 2 is 1.83 bits per heavy atom. The summed E-state index contributed by atoms with van der Waals surface area (Å²) in [5, 5.41) is 12.6. The number of nitrogens with one attached hydrogen (secondary N) is 2. The minimum absolute atomic E-state index is 0.446. The molecule has 0 fully saturated rings. The van der Waals surface area contributed by atoms with Crippen molar-refractivity contribution in [2.24, 2.45) is 12.8 Å². The van der Waals surface area contributed by atoms with Gasteiger partial charge in [0.05, 0.1) is 27.2 Å². The molecule has 0 aliphatic heterocycles. The van der Waals surface area contributed by atoms with Gasteiger partial charge in [0.15, 0.2) is 5.65 Å². The van der Waals surface area contributed by atoms with Crippen molar-refractivity contribution in [3.63, 3.8) is 0 Å². The smallest absolute Gasteiger partial charge is 0.226 e. The summed E-state index contributed by atoms with van der Waals surface area (Å²) < 4.78 is 1.70. The molecule has 4 rings (SSSR count). The van der Waals surface area contributed by atoms with E-state index in [-0.39, 0.29) is 0 Å². The fourth-order valence-corrected chi connectivity index (χ4v) is 3.39. The predicted molar refractivity (Wildman–Crippen MR) is 123 cm³/mol. The van der Waals surface area contributed by atoms with Crippen LogP contribution in [-0.2, 0) is 12.6 Å². The maximum absolute atomic E-state index is 6.52. The monoisotopic (exact) mass is 441 g/mol. The molecule has 2 aromatic heterocycles. The average molecular weight is 442 g/mol. The molecule has 2 aromatic carbocycles. The number of rotatable bonds is 6. The Morgan fingerprint density at radius 1 is 1.07 bits per heavy atom. The lowest BCUT2D eigenvalue weighted by atomic mass is 9.93. The molecule has 0 saturated heterocycles. The maximum atomic E-state index is 6.52. The van der Waals surface area contributed by atoms with Crippen LogP contribution in [0.3, 0.4) is 0 Å². The van der Waals surface area contributed by atoms with E-state index in [4.69, 9.17) is 28.9 Å². The average Bonchev–Trinajstić information content (AvgIpc) is 3.11. The largest absolute Gasteiger partial charge is 0.352 e. The van der Waals surface area contributed by atoms with Crippen LogP contribution in [0.1, 0.15) is 12.5 Å². The van der Waals surface area contributed by atoms with Crippen molar-refractivity contribution in [1.29, 1.82) is 0 Å². The second-order valence-electron chi connectivity index (χ2n) is 7.29. The van der Waals surface area contributed by atoms with Gasteiger partial charge in [0.25, 0.3) is 0 Å². The Morgan fingerprint density at radius 3 is 2.57 bits per heavy atom. The summed E-state index contributed by atoms with van der Waals surface area (Å²) in [5.74, 6) is 1.05. The summed E-state index contributed by atoms with van der Waals surface area (Å²) in [4.78, 5) is 9.24. The van der Waals surface area contributed by atoms with E-state index >= 15 is 0 Å². The second kappa shape index (κ2) is 8.10. The number of halogens is 2. The van der Waals surface area contributed by atoms with Gasteiger partial charge in [-0.3, -0.25) is 4.68 Å². The fraction of sp³-hybridized carbons (Fsp3) is 0.190. The molecule has 154 valence electrons. The van der Waals surface area contributed by atoms with E-state index in [1.165, 1.54) is 0 Å². The zero-order chi connectivity index (χ0) is 21.3. The van der Waals surface area contributed by atoms with Crippen molar-refractivity contribution in [1.82, 2.24) is 19.7 Å². The third-order valence-corrected chi connectivity index (χ3v) is 5.56. The molecule has 30 heavy (non-hydrogen) atoms. The van der Waals surface area contributed by atoms with E-state index in [0.29, 0.717) is 34.0 Å². The Bertz CT molecular complexity index is 1190. The molecular weight excluding hydrogens is 421 g/mol. The van der Waals surface area contributed by atoms with Crippen LogP contribution in [0.2, 0.25) is 10.0 Å². The Kier molecular flexibility index (Phi) is 5.51. The second-order valence-corrected chi connectivity index (χ2v) is 8.11. The standard InChI is InChI=1S/C21H21Cl2N7/c1-21(24,13-6-4-3-5-7-13)12-25-20-28-18(15-11-26-30(2)19(15)29-20)27-14-8-9-16(22)17(23)10-14/h3-11H,12,24H2,1-2H3,(H2,25,27,28,29). The van der Waals surface area contributed by atoms with Gasteiger partial charge in [-0.1, -0.05) is 53.5 Å². The van der Waals surface area contributed by atoms with Gasteiger partial charge in [-0.15, -0.1) is 0 Å². The lowest BCUT2D eigenvalue weighted by molar-refractivity contribution is 0.523. The van der Waals surface area contributed by atoms with Gasteiger partial charge in [0.2, 0.25) is 5.95 Å². The van der Waals surface area contributed by atoms with E-state index in [1.807, 2.05) is 50.4 Å². The van der Waals surface area contributed by atoms with Gasteiger partial charge in [-0.2, -0.15) is 15.1 Å². The minimum atomic E-state index is -0.594. The molecule has 4 aromatic rings. The van der Waals surface area contributed by atoms with Crippen LogP contribution in [0, 0.1) is 0 Å². The van der Waals surface area contributed by atoms with Gasteiger partial charge >= 0.3 is 0 Å². The Hall–Kier alpha value is -2.87. The molecule has 0 amide bonds. The van der Waals surface area contributed by atoms with Gasteiger partial charge in [0, 0.05) is 19.3 Å². The number of benzene rings is 2. The highest BCUT2D eigenvalue weighted by molar-refractivity contribution is 6.42. The normalized spacial score (nSPS) is 13.2. The fourth-order valence-electron chi connectivity index (χ4n) is 3.09. The molecule has 0 aliphatic carbocycles. The summed E-state index contributed by atoms with van der Waals surface area (Å²) in [5.41, 5.74) is 8.40. The zero-order valence-electron chi connectivity index (χ0n) is 16.5. The highest BCUT2D eigenvalue weighted by atomic mass is 35.5. The van der Waals surface area contributed by atoms with Crippen molar-refractivity contribution in [3.05, 3.63) is 70.3 Å². The van der Waals surface area contributed by atoms with Crippen molar-refractivity contribution in [2.45, 2.75) is 12.5 Å². The molecule has 7 nitrogen and oxygen atoms in total. The van der Waals surface area contributed by atoms with Crippen molar-refractivity contribution < 1.29 is 0 Å². The summed E-state index contributed by atoms with van der Waals surface area (Å²) in [6, 6.07) is 15.2. The van der Waals surface area contributed by atoms with Crippen molar-refractivity contribution >= 4 is 51.7 Å². The van der Waals surface area contributed by atoms with Crippen LogP contribution in [0.5, 0.6) is 0 Å². The summed E-state index contributed by atoms with van der Waals surface area (Å²) in [7, 11) is 1.83. The molecule has 4 N–H and O–H groups in total. The molecule has 0 radical (unpaired) electrons. The molecule has 2 heterocycles. The van der Waals surface area contributed by atoms with Crippen LogP contribution in [0.4, 0.5) is 17.5 Å². The first-order valence-corrected chi connectivity index (χ1v) is 10.1. The first kappa shape index (κ1) is 20.4. The topological polar surface area (TPSA) is 93.7 Å². The molecule has 9 heteroatoms. The number of nitrogens with zero attached hydrogens (tertiary/aromatic N) is 4. The zero-order valence-corrected chi connectivity index (χ0v) is 18.0. The molecule has 0 aliphatic rings. The van der Waals surface area contributed by atoms with E-state index in [1.54, 1.807) is 23.0 Å². The van der Waals surface area contributed by atoms with Crippen LogP contribution in [0.25, 0.3) is 11.0 Å². The van der Waals surface area contributed by atoms with Crippen LogP contribution >= 0.6 is 23.2 Å². The molecule has 0 saturated carbocycles. The van der Waals surface area contributed by atoms with Crippen LogP contribution < -0.4 is 16.4 Å². The van der Waals surface area contributed by atoms with Gasteiger partial charge < -0.3 is 16.4 Å². The van der Waals surface area contributed by atoms with Gasteiger partial charge in [-0.25, -0.2) is 0 Å². The van der Waals surface area contributed by atoms with Gasteiger partial charge in [-0.05, 0) is 30.7 Å². The number of aryl methyl sites for hydroxylation is 1. The Balaban J connectivity index is 1.64. The third-order valence-electron chi connectivity index (χ3n) is 4.82. The number of fused-ring (bicyclic) bond motifs is 1. The maximum Gasteiger partial charge on any atom is 0.226 e.